The lowest BCUT2D eigenvalue weighted by Gasteiger charge is -2.45. The molecule has 0 bridgehead atoms. The number of ether oxygens (including phenoxy) is 2. The molecule has 2 aliphatic rings. The van der Waals surface area contributed by atoms with E-state index < -0.39 is 84.4 Å². The monoisotopic (exact) mass is 640 g/mol. The van der Waals surface area contributed by atoms with E-state index in [1.54, 1.807) is 0 Å². The molecule has 15 N–H and O–H groups in total. The molecular weight excluding hydrogens is 592 g/mol. The Bertz CT molecular complexity index is 921. The standard InChI is InChI=1S/C25H48N6O11S/c1-25(2,10-32)22(39)23(40)30-4-3-14(33)29-5-6-43-9-15(34)31-8-13-18(36)19(37)16(28)24(41-13)42-21-12(27)7-11(26)17(35)20(21)38/h11-13,16-22,24,32,35-39H,3-10,26-28H2,1-2H3,(H,29,33)(H,30,40)(H,31,34)/t11-,12+,13-,16-,17+,18-,19-,20-,21-,22+,24-/m1/s1. The molecule has 0 spiro atoms. The maximum absolute atomic E-state index is 12.3. The van der Waals surface area contributed by atoms with Crippen molar-refractivity contribution in [3.8, 4) is 0 Å². The normalized spacial score (nSPS) is 33.8. The molecule has 0 aromatic heterocycles. The van der Waals surface area contributed by atoms with E-state index in [4.69, 9.17) is 26.7 Å². The van der Waals surface area contributed by atoms with Gasteiger partial charge in [-0.05, 0) is 6.42 Å². The quantitative estimate of drug-likeness (QED) is 0.0741. The minimum atomic E-state index is -1.48. The summed E-state index contributed by atoms with van der Waals surface area (Å²) in [5.74, 6) is -0.992. The lowest BCUT2D eigenvalue weighted by molar-refractivity contribution is -0.288. The molecule has 1 aliphatic heterocycles. The van der Waals surface area contributed by atoms with E-state index >= 15 is 0 Å². The second kappa shape index (κ2) is 17.1. The Morgan fingerprint density at radius 1 is 0.953 bits per heavy atom. The van der Waals surface area contributed by atoms with Crippen LogP contribution in [0.5, 0.6) is 0 Å². The molecule has 0 unspecified atom stereocenters. The molecule has 2 rings (SSSR count). The summed E-state index contributed by atoms with van der Waals surface area (Å²) in [6, 6.07) is -2.71. The van der Waals surface area contributed by atoms with Crippen LogP contribution in [-0.4, -0.2) is 153 Å². The molecule has 2 fully saturated rings. The molecule has 1 saturated carbocycles. The molecule has 3 amide bonds. The van der Waals surface area contributed by atoms with Crippen molar-refractivity contribution in [2.24, 2.45) is 22.6 Å². The number of nitrogens with two attached hydrogens (primary N) is 3. The lowest BCUT2D eigenvalue weighted by atomic mass is 9.84. The average Bonchev–Trinajstić information content (AvgIpc) is 2.96. The van der Waals surface area contributed by atoms with Crippen LogP contribution >= 0.6 is 11.8 Å². The third kappa shape index (κ3) is 10.7. The summed E-state index contributed by atoms with van der Waals surface area (Å²) in [4.78, 5) is 36.2. The number of rotatable bonds is 15. The first-order valence-electron chi connectivity index (χ1n) is 14.1. The highest BCUT2D eigenvalue weighted by Crippen LogP contribution is 2.27. The van der Waals surface area contributed by atoms with Gasteiger partial charge in [0.2, 0.25) is 17.7 Å². The fourth-order valence-electron chi connectivity index (χ4n) is 4.49. The smallest absolute Gasteiger partial charge is 0.249 e. The largest absolute Gasteiger partial charge is 0.396 e. The molecule has 250 valence electrons. The van der Waals surface area contributed by atoms with E-state index in [1.807, 2.05) is 0 Å². The Morgan fingerprint density at radius 2 is 1.63 bits per heavy atom. The highest BCUT2D eigenvalue weighted by Gasteiger charge is 2.48. The summed E-state index contributed by atoms with van der Waals surface area (Å²) in [6.45, 7) is 2.75. The van der Waals surface area contributed by atoms with Crippen LogP contribution in [0.1, 0.15) is 26.7 Å². The van der Waals surface area contributed by atoms with Gasteiger partial charge in [0.15, 0.2) is 6.29 Å². The highest BCUT2D eigenvalue weighted by molar-refractivity contribution is 7.99. The van der Waals surface area contributed by atoms with Gasteiger partial charge in [-0.2, -0.15) is 11.8 Å². The van der Waals surface area contributed by atoms with E-state index in [0.29, 0.717) is 5.75 Å². The van der Waals surface area contributed by atoms with Gasteiger partial charge in [0.1, 0.15) is 36.6 Å². The van der Waals surface area contributed by atoms with Crippen molar-refractivity contribution >= 4 is 29.5 Å². The number of aliphatic hydroxyl groups excluding tert-OH is 6. The average molecular weight is 641 g/mol. The van der Waals surface area contributed by atoms with E-state index in [1.165, 1.54) is 25.6 Å². The first-order valence-corrected chi connectivity index (χ1v) is 15.2. The van der Waals surface area contributed by atoms with Crippen molar-refractivity contribution in [1.82, 2.24) is 16.0 Å². The number of carbonyl (C=O) groups excluding carboxylic acids is 3. The number of aliphatic hydroxyl groups is 6. The fraction of sp³-hybridized carbons (Fsp3) is 0.880. The van der Waals surface area contributed by atoms with Gasteiger partial charge in [0, 0.05) is 49.3 Å². The van der Waals surface area contributed by atoms with Crippen LogP contribution in [-0.2, 0) is 23.9 Å². The second-order valence-electron chi connectivity index (χ2n) is 11.5. The highest BCUT2D eigenvalue weighted by atomic mass is 32.2. The van der Waals surface area contributed by atoms with Crippen molar-refractivity contribution in [3.63, 3.8) is 0 Å². The molecule has 1 heterocycles. The molecule has 1 saturated heterocycles. The van der Waals surface area contributed by atoms with E-state index in [0.717, 1.165) is 0 Å². The molecule has 43 heavy (non-hydrogen) atoms. The van der Waals surface area contributed by atoms with E-state index in [9.17, 15) is 45.0 Å². The van der Waals surface area contributed by atoms with Crippen LogP contribution in [0.4, 0.5) is 0 Å². The summed E-state index contributed by atoms with van der Waals surface area (Å²) in [5.41, 5.74) is 16.7. The molecule has 0 radical (unpaired) electrons. The molecule has 17 nitrogen and oxygen atoms in total. The number of hydrogen-bond acceptors (Lipinski definition) is 15. The first-order chi connectivity index (χ1) is 20.1. The SMILES string of the molecule is CC(C)(CO)[C@@H](O)C(=O)NCCC(=O)NCCSCC(=O)NC[C@H]1O[C@H](O[C@H]2[C@H](O)[C@@H](O)[C@H](N)C[C@@H]2N)[C@H](N)[C@@H](O)[C@@H]1O. The maximum atomic E-state index is 12.3. The summed E-state index contributed by atoms with van der Waals surface area (Å²) < 4.78 is 11.4. The predicted molar refractivity (Wildman–Crippen MR) is 154 cm³/mol. The van der Waals surface area contributed by atoms with Crippen molar-refractivity contribution in [1.29, 1.82) is 0 Å². The fourth-order valence-corrected chi connectivity index (χ4v) is 5.17. The van der Waals surface area contributed by atoms with Crippen LogP contribution in [0.25, 0.3) is 0 Å². The number of amides is 3. The topological polar surface area (TPSA) is 305 Å². The first kappa shape index (κ1) is 37.5. The number of nitrogens with one attached hydrogen (secondary N) is 3. The molecule has 1 aliphatic carbocycles. The van der Waals surface area contributed by atoms with Crippen molar-refractivity contribution in [2.75, 3.05) is 37.7 Å². The summed E-state index contributed by atoms with van der Waals surface area (Å²) in [7, 11) is 0. The van der Waals surface area contributed by atoms with Gasteiger partial charge >= 0.3 is 0 Å². The molecule has 18 heteroatoms. The predicted octanol–water partition coefficient (Wildman–Crippen LogP) is -6.22. The van der Waals surface area contributed by atoms with Crippen LogP contribution in [0.2, 0.25) is 0 Å². The molecular formula is C25H48N6O11S. The summed E-state index contributed by atoms with van der Waals surface area (Å²) in [6.07, 6.45) is -10.4. The van der Waals surface area contributed by atoms with Gasteiger partial charge in [-0.1, -0.05) is 13.8 Å². The molecule has 11 atom stereocenters. The van der Waals surface area contributed by atoms with Gasteiger partial charge < -0.3 is 73.3 Å². The van der Waals surface area contributed by atoms with Crippen molar-refractivity contribution in [2.45, 2.75) is 93.8 Å². The van der Waals surface area contributed by atoms with Gasteiger partial charge in [0.25, 0.3) is 0 Å². The Hall–Kier alpha value is -1.68. The van der Waals surface area contributed by atoms with Gasteiger partial charge in [0.05, 0.1) is 24.5 Å². The van der Waals surface area contributed by atoms with Crippen LogP contribution in [0.3, 0.4) is 0 Å². The Kier molecular flexibility index (Phi) is 14.9. The maximum Gasteiger partial charge on any atom is 0.249 e. The third-order valence-corrected chi connectivity index (χ3v) is 8.44. The zero-order valence-electron chi connectivity index (χ0n) is 24.4. The van der Waals surface area contributed by atoms with Crippen LogP contribution < -0.4 is 33.2 Å². The van der Waals surface area contributed by atoms with Crippen molar-refractivity contribution in [3.05, 3.63) is 0 Å². The van der Waals surface area contributed by atoms with E-state index in [2.05, 4.69) is 16.0 Å². The zero-order valence-corrected chi connectivity index (χ0v) is 25.2. The number of carbonyl (C=O) groups is 3. The lowest BCUT2D eigenvalue weighted by Crippen LogP contribution is -2.67. The minimum absolute atomic E-state index is 0.00350. The van der Waals surface area contributed by atoms with Crippen LogP contribution in [0, 0.1) is 5.41 Å². The Balaban J connectivity index is 1.68. The Labute approximate surface area is 254 Å². The number of hydrogen-bond donors (Lipinski definition) is 12. The summed E-state index contributed by atoms with van der Waals surface area (Å²) in [5, 5.41) is 68.1. The van der Waals surface area contributed by atoms with Gasteiger partial charge in [-0.3, -0.25) is 14.4 Å². The van der Waals surface area contributed by atoms with Crippen molar-refractivity contribution < 1.29 is 54.5 Å². The molecule has 0 aromatic carbocycles. The third-order valence-electron chi connectivity index (χ3n) is 7.48. The van der Waals surface area contributed by atoms with Gasteiger partial charge in [-0.15, -0.1) is 0 Å². The Morgan fingerprint density at radius 3 is 2.28 bits per heavy atom. The second-order valence-corrected chi connectivity index (χ2v) is 12.6. The van der Waals surface area contributed by atoms with Crippen LogP contribution in [0.15, 0.2) is 0 Å². The van der Waals surface area contributed by atoms with Gasteiger partial charge in [-0.25, -0.2) is 0 Å². The number of thioether (sulfide) groups is 1. The summed E-state index contributed by atoms with van der Waals surface area (Å²) >= 11 is 1.23. The minimum Gasteiger partial charge on any atom is -0.396 e. The molecule has 0 aromatic rings. The van der Waals surface area contributed by atoms with E-state index in [-0.39, 0.29) is 50.7 Å². The zero-order chi connectivity index (χ0) is 32.5.